The molecule has 1 fully saturated rings. The molecule has 246 valence electrons. The molecule has 4 aromatic carbocycles. The van der Waals surface area contributed by atoms with E-state index in [4.69, 9.17) is 16.3 Å². The van der Waals surface area contributed by atoms with Crippen LogP contribution in [0.2, 0.25) is 5.02 Å². The first-order valence-electron chi connectivity index (χ1n) is 15.8. The van der Waals surface area contributed by atoms with Gasteiger partial charge in [0.15, 0.2) is 0 Å². The zero-order valence-corrected chi connectivity index (χ0v) is 28.2. The second-order valence-electron chi connectivity index (χ2n) is 11.9. The molecule has 4 aromatic rings. The summed E-state index contributed by atoms with van der Waals surface area (Å²) in [5, 5.41) is 3.51. The Labute approximate surface area is 282 Å². The standard InChI is InChI=1S/C37H40ClN3O5S/c1-27-15-17-29(18-16-27)25-40(35(23-28-9-4-3-5-10-28)37(43)39-31-12-6-7-13-31)36(42)26-41(32-14-8-11-30(38)24-32)47(44,45)34-21-19-33(46-2)20-22-34/h3-5,8-11,14-22,24,31,35H,6-7,12-13,23,25-26H2,1-2H3,(H,39,43)/t35-/m1/s1. The van der Waals surface area contributed by atoms with Gasteiger partial charge in [-0.2, -0.15) is 0 Å². The van der Waals surface area contributed by atoms with E-state index in [0.717, 1.165) is 46.7 Å². The van der Waals surface area contributed by atoms with Crippen molar-refractivity contribution >= 4 is 39.1 Å². The Balaban J connectivity index is 1.56. The highest BCUT2D eigenvalue weighted by atomic mass is 35.5. The number of methoxy groups -OCH3 is 1. The van der Waals surface area contributed by atoms with E-state index in [9.17, 15) is 18.0 Å². The Hall–Kier alpha value is -4.34. The lowest BCUT2D eigenvalue weighted by molar-refractivity contribution is -0.140. The van der Waals surface area contributed by atoms with Gasteiger partial charge in [-0.1, -0.05) is 90.7 Å². The average Bonchev–Trinajstić information content (AvgIpc) is 3.59. The third-order valence-electron chi connectivity index (χ3n) is 8.47. The first-order chi connectivity index (χ1) is 22.6. The maximum Gasteiger partial charge on any atom is 0.264 e. The van der Waals surface area contributed by atoms with Crippen LogP contribution in [0.1, 0.15) is 42.4 Å². The lowest BCUT2D eigenvalue weighted by Gasteiger charge is -2.34. The van der Waals surface area contributed by atoms with Gasteiger partial charge in [-0.25, -0.2) is 8.42 Å². The fraction of sp³-hybridized carbons (Fsp3) is 0.297. The number of amides is 2. The minimum absolute atomic E-state index is 0.0176. The number of anilines is 1. The van der Waals surface area contributed by atoms with Crippen LogP contribution < -0.4 is 14.4 Å². The number of hydrogen-bond acceptors (Lipinski definition) is 5. The van der Waals surface area contributed by atoms with Crippen molar-refractivity contribution in [2.45, 2.75) is 62.6 Å². The highest BCUT2D eigenvalue weighted by Crippen LogP contribution is 2.28. The third kappa shape index (κ3) is 8.73. The summed E-state index contributed by atoms with van der Waals surface area (Å²) in [6, 6.07) is 28.8. The number of ether oxygens (including phenoxy) is 1. The van der Waals surface area contributed by atoms with E-state index in [-0.39, 0.29) is 35.5 Å². The van der Waals surface area contributed by atoms with Crippen LogP contribution in [0, 0.1) is 6.92 Å². The molecule has 10 heteroatoms. The summed E-state index contributed by atoms with van der Waals surface area (Å²) >= 11 is 6.32. The Morgan fingerprint density at radius 2 is 1.57 bits per heavy atom. The number of nitrogens with zero attached hydrogens (tertiary/aromatic N) is 2. The number of nitrogens with one attached hydrogen (secondary N) is 1. The lowest BCUT2D eigenvalue weighted by atomic mass is 10.0. The molecule has 0 bridgehead atoms. The molecule has 0 radical (unpaired) electrons. The van der Waals surface area contributed by atoms with Gasteiger partial charge in [0.2, 0.25) is 11.8 Å². The topological polar surface area (TPSA) is 96.0 Å². The first kappa shape index (κ1) is 34.0. The normalized spacial score (nSPS) is 13.9. The quantitative estimate of drug-likeness (QED) is 0.174. The Morgan fingerprint density at radius 3 is 2.21 bits per heavy atom. The van der Waals surface area contributed by atoms with Crippen molar-refractivity contribution in [3.05, 3.63) is 125 Å². The van der Waals surface area contributed by atoms with Crippen LogP contribution in [0.15, 0.2) is 108 Å². The van der Waals surface area contributed by atoms with Gasteiger partial charge in [0.1, 0.15) is 18.3 Å². The minimum atomic E-state index is -4.26. The van der Waals surface area contributed by atoms with Crippen molar-refractivity contribution in [1.82, 2.24) is 10.2 Å². The zero-order chi connectivity index (χ0) is 33.4. The SMILES string of the molecule is COc1ccc(S(=O)(=O)N(CC(=O)N(Cc2ccc(C)cc2)[C@H](Cc2ccccc2)C(=O)NC2CCCC2)c2cccc(Cl)c2)cc1. The molecule has 47 heavy (non-hydrogen) atoms. The monoisotopic (exact) mass is 673 g/mol. The molecule has 8 nitrogen and oxygen atoms in total. The van der Waals surface area contributed by atoms with Crippen LogP contribution in [0.25, 0.3) is 0 Å². The van der Waals surface area contributed by atoms with Gasteiger partial charge in [0.05, 0.1) is 17.7 Å². The molecule has 0 saturated heterocycles. The predicted molar refractivity (Wildman–Crippen MR) is 185 cm³/mol. The lowest BCUT2D eigenvalue weighted by Crippen LogP contribution is -2.54. The number of rotatable bonds is 13. The summed E-state index contributed by atoms with van der Waals surface area (Å²) in [7, 11) is -2.76. The molecular weight excluding hydrogens is 634 g/mol. The van der Waals surface area contributed by atoms with Crippen LogP contribution in [0.4, 0.5) is 5.69 Å². The number of sulfonamides is 1. The Bertz CT molecular complexity index is 1760. The predicted octanol–water partition coefficient (Wildman–Crippen LogP) is 6.55. The molecular formula is C37H40ClN3O5S. The Kier molecular flexibility index (Phi) is 11.2. The largest absolute Gasteiger partial charge is 0.497 e. The molecule has 0 unspecified atom stereocenters. The highest BCUT2D eigenvalue weighted by molar-refractivity contribution is 7.92. The van der Waals surface area contributed by atoms with Gasteiger partial charge in [-0.15, -0.1) is 0 Å². The summed E-state index contributed by atoms with van der Waals surface area (Å²) in [5.74, 6) is -0.283. The molecule has 1 aliphatic carbocycles. The molecule has 2 amide bonds. The molecule has 1 saturated carbocycles. The number of carbonyl (C=O) groups excluding carboxylic acids is 2. The van der Waals surface area contributed by atoms with Crippen molar-refractivity contribution in [3.63, 3.8) is 0 Å². The summed E-state index contributed by atoms with van der Waals surface area (Å²) in [5.41, 5.74) is 3.00. The van der Waals surface area contributed by atoms with E-state index in [2.05, 4.69) is 5.32 Å². The smallest absolute Gasteiger partial charge is 0.264 e. The summed E-state index contributed by atoms with van der Waals surface area (Å²) in [6.45, 7) is 1.54. The van der Waals surface area contributed by atoms with Gasteiger partial charge in [0, 0.05) is 24.0 Å². The van der Waals surface area contributed by atoms with E-state index >= 15 is 0 Å². The van der Waals surface area contributed by atoms with E-state index in [1.165, 1.54) is 30.2 Å². The molecule has 0 heterocycles. The highest BCUT2D eigenvalue weighted by Gasteiger charge is 2.35. The maximum absolute atomic E-state index is 14.6. The zero-order valence-electron chi connectivity index (χ0n) is 26.6. The number of benzene rings is 4. The first-order valence-corrected chi connectivity index (χ1v) is 17.6. The fourth-order valence-corrected chi connectivity index (χ4v) is 7.44. The van der Waals surface area contributed by atoms with E-state index < -0.39 is 28.5 Å². The third-order valence-corrected chi connectivity index (χ3v) is 10.5. The number of carbonyl (C=O) groups is 2. The molecule has 1 atom stereocenters. The number of halogens is 1. The van der Waals surface area contributed by atoms with Gasteiger partial charge in [-0.3, -0.25) is 13.9 Å². The van der Waals surface area contributed by atoms with Gasteiger partial charge >= 0.3 is 0 Å². The van der Waals surface area contributed by atoms with E-state index in [1.54, 1.807) is 30.3 Å². The van der Waals surface area contributed by atoms with Crippen LogP contribution >= 0.6 is 11.6 Å². The van der Waals surface area contributed by atoms with Crippen LogP contribution in [-0.4, -0.2) is 50.9 Å². The van der Waals surface area contributed by atoms with Crippen molar-refractivity contribution in [1.29, 1.82) is 0 Å². The molecule has 0 aromatic heterocycles. The van der Waals surface area contributed by atoms with Gasteiger partial charge < -0.3 is 15.0 Å². The maximum atomic E-state index is 14.6. The summed E-state index contributed by atoms with van der Waals surface area (Å²) < 4.78 is 34.7. The molecule has 0 spiro atoms. The van der Waals surface area contributed by atoms with Crippen molar-refractivity contribution in [2.75, 3.05) is 18.0 Å². The second-order valence-corrected chi connectivity index (χ2v) is 14.2. The van der Waals surface area contributed by atoms with Crippen LogP contribution in [-0.2, 0) is 32.6 Å². The van der Waals surface area contributed by atoms with Gasteiger partial charge in [0.25, 0.3) is 10.0 Å². The van der Waals surface area contributed by atoms with E-state index in [0.29, 0.717) is 10.8 Å². The fourth-order valence-electron chi connectivity index (χ4n) is 5.85. The van der Waals surface area contributed by atoms with Crippen molar-refractivity contribution in [2.24, 2.45) is 0 Å². The van der Waals surface area contributed by atoms with Crippen LogP contribution in [0.3, 0.4) is 0 Å². The van der Waals surface area contributed by atoms with Crippen molar-refractivity contribution in [3.8, 4) is 5.75 Å². The van der Waals surface area contributed by atoms with Gasteiger partial charge in [-0.05, 0) is 73.4 Å². The number of hydrogen-bond donors (Lipinski definition) is 1. The summed E-state index contributed by atoms with van der Waals surface area (Å²) in [6.07, 6.45) is 4.12. The molecule has 0 aliphatic heterocycles. The van der Waals surface area contributed by atoms with Crippen molar-refractivity contribution < 1.29 is 22.7 Å². The minimum Gasteiger partial charge on any atom is -0.497 e. The molecule has 1 N–H and O–H groups in total. The second kappa shape index (κ2) is 15.5. The van der Waals surface area contributed by atoms with E-state index in [1.807, 2.05) is 61.5 Å². The number of aryl methyl sites for hydroxylation is 1. The average molecular weight is 674 g/mol. The summed E-state index contributed by atoms with van der Waals surface area (Å²) in [4.78, 5) is 30.2. The Morgan fingerprint density at radius 1 is 0.894 bits per heavy atom. The molecule has 5 rings (SSSR count). The van der Waals surface area contributed by atoms with Crippen LogP contribution in [0.5, 0.6) is 5.75 Å². The molecule has 1 aliphatic rings.